The molecule has 36 heteroatoms. The zero-order valence-electron chi connectivity index (χ0n) is 57.4. The van der Waals surface area contributed by atoms with Gasteiger partial charge in [0.05, 0.1) is 73.4 Å². The molecule has 0 unspecified atom stereocenters. The van der Waals surface area contributed by atoms with Crippen molar-refractivity contribution in [3.63, 3.8) is 0 Å². The number of nitrogens with two attached hydrogens (primary N) is 3. The van der Waals surface area contributed by atoms with Crippen molar-refractivity contribution in [3.05, 3.63) is 179 Å². The number of fused-ring (bicyclic) bond motifs is 3. The highest BCUT2D eigenvalue weighted by atomic mass is 16.4. The van der Waals surface area contributed by atoms with Gasteiger partial charge in [-0.3, -0.25) is 30.6 Å². The van der Waals surface area contributed by atoms with Gasteiger partial charge >= 0.3 is 17.9 Å². The summed E-state index contributed by atoms with van der Waals surface area (Å²) in [4.78, 5) is 89.4. The first-order valence-corrected chi connectivity index (χ1v) is 34.1. The van der Waals surface area contributed by atoms with Crippen molar-refractivity contribution in [2.45, 2.75) is 133 Å². The molecule has 6 aromatic heterocycles. The third-order valence-electron chi connectivity index (χ3n) is 17.5. The number of aliphatic carboxylic acids is 3. The lowest BCUT2D eigenvalue weighted by atomic mass is 10.0. The number of aromatic amines is 3. The minimum atomic E-state index is -1.26. The van der Waals surface area contributed by atoms with Crippen molar-refractivity contribution in [2.75, 3.05) is 19.6 Å². The van der Waals surface area contributed by atoms with Crippen molar-refractivity contribution in [3.8, 4) is 0 Å². The molecule has 0 spiro atoms. The molecule has 0 saturated heterocycles. The number of H-pyrrole nitrogens is 3. The number of carboxylic acids is 3. The normalized spacial score (nSPS) is 13.1. The highest BCUT2D eigenvalue weighted by Crippen LogP contribution is 2.23. The van der Waals surface area contributed by atoms with E-state index < -0.39 is 71.9 Å². The number of nitrogens with zero attached hydrogens (tertiary/aromatic N) is 9. The highest BCUT2D eigenvalue weighted by Gasteiger charge is 2.30. The molecule has 6 atom stereocenters. The van der Waals surface area contributed by atoms with Gasteiger partial charge in [0.15, 0.2) is 17.9 Å². The molecule has 0 saturated carbocycles. The molecular formula is C69H87N27O9. The predicted molar refractivity (Wildman–Crippen MR) is 388 cm³/mol. The van der Waals surface area contributed by atoms with E-state index in [1.165, 1.54) is 0 Å². The van der Waals surface area contributed by atoms with Crippen LogP contribution in [0.15, 0.2) is 128 Å². The van der Waals surface area contributed by atoms with Crippen LogP contribution in [0.5, 0.6) is 0 Å². The average molecular weight is 1440 g/mol. The summed E-state index contributed by atoms with van der Waals surface area (Å²) < 4.78 is 4.87. The molecule has 10 rings (SSSR count). The van der Waals surface area contributed by atoms with Crippen LogP contribution >= 0.6 is 0 Å². The second kappa shape index (κ2) is 36.3. The Kier molecular flexibility index (Phi) is 26.0. The minimum absolute atomic E-state index is 0.0225. The molecule has 0 aliphatic rings. The van der Waals surface area contributed by atoms with Crippen molar-refractivity contribution in [1.29, 1.82) is 16.2 Å². The van der Waals surface area contributed by atoms with Crippen LogP contribution in [0, 0.1) is 16.2 Å². The number of carbonyl (C=O) groups excluding carboxylic acids is 3. The molecule has 0 bridgehead atoms. The van der Waals surface area contributed by atoms with E-state index in [4.69, 9.17) is 33.4 Å². The van der Waals surface area contributed by atoms with Crippen LogP contribution in [0.2, 0.25) is 0 Å². The number of hydrogen-bond acceptors (Lipinski definition) is 18. The molecule has 552 valence electrons. The smallest absolute Gasteiger partial charge is 0.326 e. The first kappa shape index (κ1) is 75.1. The first-order chi connectivity index (χ1) is 50.7. The summed E-state index contributed by atoms with van der Waals surface area (Å²) in [5.74, 6) is -5.98. The molecule has 105 heavy (non-hydrogen) atoms. The number of carboxylic acid groups (broad SMARTS) is 3. The van der Waals surface area contributed by atoms with Crippen LogP contribution in [-0.2, 0) is 87.3 Å². The molecular weight excluding hydrogens is 1350 g/mol. The lowest BCUT2D eigenvalue weighted by Gasteiger charge is -2.21. The summed E-state index contributed by atoms with van der Waals surface area (Å²) in [6.07, 6.45) is 12.3. The van der Waals surface area contributed by atoms with Gasteiger partial charge < -0.3 is 95.3 Å². The molecule has 10 aromatic rings. The molecule has 0 aliphatic carbocycles. The second-order valence-electron chi connectivity index (χ2n) is 25.5. The number of guanidine groups is 3. The van der Waals surface area contributed by atoms with E-state index in [1.807, 2.05) is 91.0 Å². The number of hydrogen-bond donors (Lipinski definition) is 21. The van der Waals surface area contributed by atoms with Crippen LogP contribution < -0.4 is 65.1 Å². The number of nitrogens with one attached hydrogen (secondary N) is 15. The minimum Gasteiger partial charge on any atom is -0.480 e. The van der Waals surface area contributed by atoms with Gasteiger partial charge in [-0.15, -0.1) is 15.3 Å². The lowest BCUT2D eigenvalue weighted by molar-refractivity contribution is -0.142. The van der Waals surface area contributed by atoms with Crippen LogP contribution in [0.25, 0.3) is 32.7 Å². The van der Waals surface area contributed by atoms with Crippen LogP contribution in [0.4, 0.5) is 0 Å². The van der Waals surface area contributed by atoms with Gasteiger partial charge in [-0.05, 0) is 90.1 Å². The Morgan fingerprint density at radius 3 is 0.962 bits per heavy atom. The fraction of sp³-hybridized carbons (Fsp3) is 0.348. The number of rotatable bonds is 42. The SMILES string of the molecule is N=C(N)NCCC[C@H](NCc1cn(Cc2cc(Cn3cc(CN[C@@H](CCCNC(=N)N)C(=O)N[C@@H](Cc4c[nH]c5ccccc45)C(=O)O)nn3)cc(Cn3cc(CN[C@@H](CCCNC(=N)N)C(=O)N[C@@H](Cc4c[nH]c5ccccc45)C(=O)O)nn3)c2)nn1)C(=O)N[C@@H](Cc1c[nH]c2ccccc12)C(=O)O. The van der Waals surface area contributed by atoms with Crippen molar-refractivity contribution in [1.82, 2.24) is 108 Å². The van der Waals surface area contributed by atoms with E-state index in [-0.39, 0.29) is 115 Å². The quantitative estimate of drug-likeness (QED) is 0.0142. The van der Waals surface area contributed by atoms with Gasteiger partial charge in [-0.25, -0.2) is 28.4 Å². The van der Waals surface area contributed by atoms with Gasteiger partial charge in [-0.2, -0.15) is 0 Å². The van der Waals surface area contributed by atoms with Gasteiger partial charge in [-0.1, -0.05) is 88.4 Å². The van der Waals surface area contributed by atoms with E-state index in [0.29, 0.717) is 36.3 Å². The topological polar surface area (TPSA) is 560 Å². The zero-order chi connectivity index (χ0) is 74.4. The van der Waals surface area contributed by atoms with Crippen LogP contribution in [0.3, 0.4) is 0 Å². The largest absolute Gasteiger partial charge is 0.480 e. The molecule has 0 radical (unpaired) electrons. The fourth-order valence-electron chi connectivity index (χ4n) is 12.4. The number of amides is 3. The van der Waals surface area contributed by atoms with Gasteiger partial charge in [0.25, 0.3) is 0 Å². The Morgan fingerprint density at radius 1 is 0.419 bits per heavy atom. The van der Waals surface area contributed by atoms with Crippen molar-refractivity contribution >= 4 is 86.2 Å². The molecule has 0 aliphatic heterocycles. The number of aromatic nitrogens is 12. The number of benzene rings is 4. The summed E-state index contributed by atoms with van der Waals surface area (Å²) in [7, 11) is 0. The van der Waals surface area contributed by atoms with Gasteiger partial charge in [0, 0.05) is 110 Å². The summed E-state index contributed by atoms with van der Waals surface area (Å²) in [5, 5.41) is 109. The molecule has 24 N–H and O–H groups in total. The first-order valence-electron chi connectivity index (χ1n) is 34.1. The summed E-state index contributed by atoms with van der Waals surface area (Å²) >= 11 is 0. The van der Waals surface area contributed by atoms with Crippen LogP contribution in [0.1, 0.15) is 89.0 Å². The Morgan fingerprint density at radius 2 is 0.695 bits per heavy atom. The molecule has 4 aromatic carbocycles. The number of para-hydroxylation sites is 3. The zero-order valence-corrected chi connectivity index (χ0v) is 57.4. The average Bonchev–Trinajstić information content (AvgIpc) is 1.71. The standard InChI is InChI=1S/C69H87N27O9/c70-67(71)76-19-7-16-55(61(97)85-58(64(100)101)25-43-28-79-52-13-4-1-10-49(43)52)82-31-46-37-94(91-88-46)34-40-22-41(35-95-38-47(89-92-95)32-83-56(17-8-20-77-68(72)73)62(98)86-59(65(102)103)26-44-29-80-53-14-5-2-11-50(44)53)24-42(23-40)36-96-39-48(90-93-96)33-84-57(18-9-21-78-69(74)75)63(99)87-60(66(104)105)27-45-30-81-54-15-6-3-12-51(45)54/h1-6,10-15,22-24,28-30,37-39,55-60,79-84H,7-9,16-21,25-27,31-36H2,(H,85,97)(H,86,98)(H,87,99)(H,100,101)(H,102,103)(H,104,105)(H4,70,71,76)(H4,72,73,77)(H4,74,75,78)/t55-,56-,57-,58-,59-,60-/m0/s1. The van der Waals surface area contributed by atoms with Crippen molar-refractivity contribution in [2.24, 2.45) is 17.2 Å². The third-order valence-corrected chi connectivity index (χ3v) is 17.5. The molecule has 3 amide bonds. The van der Waals surface area contributed by atoms with E-state index in [1.54, 1.807) is 51.2 Å². The van der Waals surface area contributed by atoms with E-state index >= 15 is 0 Å². The summed E-state index contributed by atoms with van der Waals surface area (Å²) in [5.41, 5.74) is 25.0. The maximum absolute atomic E-state index is 14.0. The Labute approximate surface area is 600 Å². The number of carbonyl (C=O) groups is 6. The maximum atomic E-state index is 14.0. The predicted octanol–water partition coefficient (Wildman–Crippen LogP) is 0.651. The molecule has 6 heterocycles. The molecule has 0 fully saturated rings. The molecule has 36 nitrogen and oxygen atoms in total. The Hall–Kier alpha value is -12.6. The van der Waals surface area contributed by atoms with Crippen LogP contribution in [-0.4, -0.2) is 185 Å². The van der Waals surface area contributed by atoms with E-state index in [2.05, 4.69) is 93.7 Å². The summed E-state index contributed by atoms with van der Waals surface area (Å²) in [6, 6.07) is 21.8. The highest BCUT2D eigenvalue weighted by molar-refractivity contribution is 5.91. The lowest BCUT2D eigenvalue weighted by Crippen LogP contribution is -2.51. The monoisotopic (exact) mass is 1440 g/mol. The third kappa shape index (κ3) is 22.0. The van der Waals surface area contributed by atoms with Gasteiger partial charge in [0.2, 0.25) is 17.7 Å². The Balaban J connectivity index is 0.848. The Bertz CT molecular complexity index is 4200. The van der Waals surface area contributed by atoms with E-state index in [0.717, 1.165) is 66.1 Å². The van der Waals surface area contributed by atoms with Gasteiger partial charge in [0.1, 0.15) is 18.1 Å². The fourth-order valence-corrected chi connectivity index (χ4v) is 12.4. The van der Waals surface area contributed by atoms with Crippen molar-refractivity contribution < 1.29 is 44.1 Å². The maximum Gasteiger partial charge on any atom is 0.326 e. The second-order valence-corrected chi connectivity index (χ2v) is 25.5. The van der Waals surface area contributed by atoms with E-state index in [9.17, 15) is 44.1 Å². The summed E-state index contributed by atoms with van der Waals surface area (Å²) in [6.45, 7) is 1.64.